The van der Waals surface area contributed by atoms with E-state index in [1.807, 2.05) is 11.4 Å². The van der Waals surface area contributed by atoms with Crippen molar-refractivity contribution in [2.75, 3.05) is 0 Å². The number of unbranched alkanes of at least 4 members (excludes halogenated alkanes) is 1. The Hall–Kier alpha value is -1.73. The molecule has 1 aromatic carbocycles. The summed E-state index contributed by atoms with van der Waals surface area (Å²) in [4.78, 5) is 4.51. The summed E-state index contributed by atoms with van der Waals surface area (Å²) in [6.45, 7) is 1.75. The largest absolute Gasteiger partial charge is 0.241 e. The monoisotopic (exact) mass is 260 g/mol. The molecule has 0 bridgehead atoms. The van der Waals surface area contributed by atoms with E-state index in [4.69, 9.17) is 5.26 Å². The molecule has 0 atom stereocenters. The van der Waals surface area contributed by atoms with Crippen molar-refractivity contribution in [1.82, 2.24) is 4.98 Å². The Bertz CT molecular complexity index is 584. The first-order valence-electron chi connectivity index (χ1n) is 5.78. The lowest BCUT2D eigenvalue weighted by molar-refractivity contribution is 0.619. The Balaban J connectivity index is 2.14. The number of aromatic nitrogens is 1. The molecular weight excluding hydrogens is 247 g/mol. The van der Waals surface area contributed by atoms with Gasteiger partial charge in [0, 0.05) is 23.8 Å². The molecule has 2 rings (SSSR count). The maximum Gasteiger partial charge on any atom is 0.126 e. The standard InChI is InChI=1S/C14H13FN2S/c1-10-8-11(5-6-12(10)15)13-9-18-14(17-13)4-2-3-7-16/h5-6,8-9H,2-4H2,1H3. The number of benzene rings is 1. The smallest absolute Gasteiger partial charge is 0.126 e. The van der Waals surface area contributed by atoms with Crippen molar-refractivity contribution in [3.8, 4) is 17.3 Å². The number of aryl methyl sites for hydroxylation is 2. The maximum absolute atomic E-state index is 13.2. The van der Waals surface area contributed by atoms with Crippen molar-refractivity contribution in [3.63, 3.8) is 0 Å². The van der Waals surface area contributed by atoms with Gasteiger partial charge in [-0.3, -0.25) is 0 Å². The molecule has 18 heavy (non-hydrogen) atoms. The van der Waals surface area contributed by atoms with Crippen LogP contribution in [0.5, 0.6) is 0 Å². The van der Waals surface area contributed by atoms with Crippen LogP contribution < -0.4 is 0 Å². The summed E-state index contributed by atoms with van der Waals surface area (Å²) in [7, 11) is 0. The first-order chi connectivity index (χ1) is 8.70. The molecule has 0 aliphatic heterocycles. The summed E-state index contributed by atoms with van der Waals surface area (Å²) < 4.78 is 13.2. The summed E-state index contributed by atoms with van der Waals surface area (Å²) in [5, 5.41) is 11.5. The minimum atomic E-state index is -0.191. The van der Waals surface area contributed by atoms with E-state index < -0.39 is 0 Å². The van der Waals surface area contributed by atoms with Crippen LogP contribution in [0.15, 0.2) is 23.6 Å². The highest BCUT2D eigenvalue weighted by Gasteiger charge is 2.06. The zero-order valence-electron chi connectivity index (χ0n) is 10.1. The Morgan fingerprint density at radius 2 is 2.28 bits per heavy atom. The van der Waals surface area contributed by atoms with Crippen LogP contribution >= 0.6 is 11.3 Å². The molecule has 0 aliphatic rings. The fourth-order valence-corrected chi connectivity index (χ4v) is 2.53. The van der Waals surface area contributed by atoms with E-state index in [9.17, 15) is 4.39 Å². The van der Waals surface area contributed by atoms with Gasteiger partial charge in [0.25, 0.3) is 0 Å². The Morgan fingerprint density at radius 1 is 1.44 bits per heavy atom. The first kappa shape index (κ1) is 12.7. The van der Waals surface area contributed by atoms with Crippen molar-refractivity contribution in [2.45, 2.75) is 26.2 Å². The van der Waals surface area contributed by atoms with Gasteiger partial charge in [0.05, 0.1) is 16.8 Å². The fourth-order valence-electron chi connectivity index (χ4n) is 1.68. The van der Waals surface area contributed by atoms with Crippen LogP contribution in [0.1, 0.15) is 23.4 Å². The van der Waals surface area contributed by atoms with E-state index in [0.29, 0.717) is 12.0 Å². The Labute approximate surface area is 110 Å². The number of hydrogen-bond donors (Lipinski definition) is 0. The molecule has 0 aliphatic carbocycles. The molecule has 0 N–H and O–H groups in total. The van der Waals surface area contributed by atoms with Gasteiger partial charge in [-0.1, -0.05) is 0 Å². The van der Waals surface area contributed by atoms with Crippen molar-refractivity contribution < 1.29 is 4.39 Å². The molecule has 0 saturated heterocycles. The number of nitriles is 1. The average molecular weight is 260 g/mol. The third kappa shape index (κ3) is 2.93. The van der Waals surface area contributed by atoms with Crippen LogP contribution in [0.25, 0.3) is 11.3 Å². The minimum Gasteiger partial charge on any atom is -0.241 e. The van der Waals surface area contributed by atoms with Gasteiger partial charge in [-0.05, 0) is 37.1 Å². The molecule has 0 saturated carbocycles. The fraction of sp³-hybridized carbons (Fsp3) is 0.286. The zero-order valence-corrected chi connectivity index (χ0v) is 10.9. The van der Waals surface area contributed by atoms with Gasteiger partial charge in [0.15, 0.2) is 0 Å². The van der Waals surface area contributed by atoms with Gasteiger partial charge < -0.3 is 0 Å². The second-order valence-electron chi connectivity index (χ2n) is 4.10. The molecule has 92 valence electrons. The lowest BCUT2D eigenvalue weighted by atomic mass is 10.1. The third-order valence-electron chi connectivity index (χ3n) is 2.68. The molecule has 0 fully saturated rings. The minimum absolute atomic E-state index is 0.191. The van der Waals surface area contributed by atoms with Crippen molar-refractivity contribution in [1.29, 1.82) is 5.26 Å². The van der Waals surface area contributed by atoms with E-state index in [-0.39, 0.29) is 5.82 Å². The molecule has 2 nitrogen and oxygen atoms in total. The van der Waals surface area contributed by atoms with Crippen LogP contribution in [0.2, 0.25) is 0 Å². The number of nitrogens with zero attached hydrogens (tertiary/aromatic N) is 2. The molecule has 0 amide bonds. The van der Waals surface area contributed by atoms with E-state index in [1.54, 1.807) is 24.3 Å². The normalized spacial score (nSPS) is 10.3. The molecule has 0 unspecified atom stereocenters. The third-order valence-corrected chi connectivity index (χ3v) is 3.59. The summed E-state index contributed by atoms with van der Waals surface area (Å²) in [6, 6.07) is 7.15. The highest BCUT2D eigenvalue weighted by Crippen LogP contribution is 2.24. The SMILES string of the molecule is Cc1cc(-c2csc(CCCC#N)n2)ccc1F. The van der Waals surface area contributed by atoms with Gasteiger partial charge in [0.2, 0.25) is 0 Å². The van der Waals surface area contributed by atoms with E-state index >= 15 is 0 Å². The first-order valence-corrected chi connectivity index (χ1v) is 6.66. The van der Waals surface area contributed by atoms with E-state index in [1.165, 1.54) is 6.07 Å². The Kier molecular flexibility index (Phi) is 4.06. The maximum atomic E-state index is 13.2. The van der Waals surface area contributed by atoms with Crippen LogP contribution in [0.3, 0.4) is 0 Å². The Morgan fingerprint density at radius 3 is 3.00 bits per heavy atom. The molecule has 2 aromatic rings. The van der Waals surface area contributed by atoms with Gasteiger partial charge >= 0.3 is 0 Å². The molecular formula is C14H13FN2S. The topological polar surface area (TPSA) is 36.7 Å². The second-order valence-corrected chi connectivity index (χ2v) is 5.04. The molecule has 0 radical (unpaired) electrons. The van der Waals surface area contributed by atoms with Gasteiger partial charge in [0.1, 0.15) is 5.82 Å². The van der Waals surface area contributed by atoms with Crippen molar-refractivity contribution in [2.24, 2.45) is 0 Å². The summed E-state index contributed by atoms with van der Waals surface area (Å²) in [5.41, 5.74) is 2.46. The van der Waals surface area contributed by atoms with Gasteiger partial charge in [-0.15, -0.1) is 11.3 Å². The number of rotatable bonds is 4. The second kappa shape index (κ2) is 5.74. The molecule has 0 spiro atoms. The van der Waals surface area contributed by atoms with E-state index in [2.05, 4.69) is 11.1 Å². The molecule has 1 aromatic heterocycles. The van der Waals surface area contributed by atoms with Crippen LogP contribution in [0.4, 0.5) is 4.39 Å². The van der Waals surface area contributed by atoms with E-state index in [0.717, 1.165) is 29.1 Å². The molecule has 1 heterocycles. The quantitative estimate of drug-likeness (QED) is 0.776. The lowest BCUT2D eigenvalue weighted by Gasteiger charge is -2.00. The van der Waals surface area contributed by atoms with Crippen molar-refractivity contribution in [3.05, 3.63) is 40.0 Å². The van der Waals surface area contributed by atoms with Gasteiger partial charge in [-0.2, -0.15) is 5.26 Å². The number of thiazole rings is 1. The highest BCUT2D eigenvalue weighted by molar-refractivity contribution is 7.09. The zero-order chi connectivity index (χ0) is 13.0. The van der Waals surface area contributed by atoms with Crippen LogP contribution in [0, 0.1) is 24.1 Å². The summed E-state index contributed by atoms with van der Waals surface area (Å²) in [6.07, 6.45) is 2.23. The van der Waals surface area contributed by atoms with Gasteiger partial charge in [-0.25, -0.2) is 9.37 Å². The van der Waals surface area contributed by atoms with Crippen molar-refractivity contribution >= 4 is 11.3 Å². The predicted molar refractivity (Wildman–Crippen MR) is 70.8 cm³/mol. The number of halogens is 1. The van der Waals surface area contributed by atoms with Crippen LogP contribution in [-0.2, 0) is 6.42 Å². The number of hydrogen-bond acceptors (Lipinski definition) is 3. The highest BCUT2D eigenvalue weighted by atomic mass is 32.1. The predicted octanol–water partition coefficient (Wildman–Crippen LogP) is 4.10. The molecule has 4 heteroatoms. The average Bonchev–Trinajstić information content (AvgIpc) is 2.82. The summed E-state index contributed by atoms with van der Waals surface area (Å²) in [5.74, 6) is -0.191. The van der Waals surface area contributed by atoms with Crippen LogP contribution in [-0.4, -0.2) is 4.98 Å². The lowest BCUT2D eigenvalue weighted by Crippen LogP contribution is -1.86. The summed E-state index contributed by atoms with van der Waals surface area (Å²) >= 11 is 1.59.